The lowest BCUT2D eigenvalue weighted by Crippen LogP contribution is -2.17. The zero-order valence-corrected chi connectivity index (χ0v) is 16.0. The fourth-order valence-electron chi connectivity index (χ4n) is 2.94. The van der Waals surface area contributed by atoms with E-state index in [4.69, 9.17) is 34.1 Å². The molecule has 0 aromatic heterocycles. The standard InChI is InChI=1S/C20H13Cl2F3N2O2/c21-13-5-11(6-14(22)9-13)18-16(10-1-3-15(28)4-2-10)7-12(20(23,24)25)8-17(18)19(26)27-29/h1-9,28-29H,(H2,26,27). The number of benzene rings is 3. The molecule has 3 aromatic rings. The first kappa shape index (κ1) is 20.8. The van der Waals surface area contributed by atoms with Gasteiger partial charge in [0.2, 0.25) is 0 Å². The van der Waals surface area contributed by atoms with Gasteiger partial charge in [0.15, 0.2) is 5.84 Å². The summed E-state index contributed by atoms with van der Waals surface area (Å²) >= 11 is 12.2. The molecule has 0 bridgehead atoms. The minimum atomic E-state index is -4.68. The third-order valence-electron chi connectivity index (χ3n) is 4.18. The molecule has 0 heterocycles. The van der Waals surface area contributed by atoms with Gasteiger partial charge in [0.05, 0.1) is 5.56 Å². The Morgan fingerprint density at radius 3 is 2.00 bits per heavy atom. The topological polar surface area (TPSA) is 78.8 Å². The van der Waals surface area contributed by atoms with Gasteiger partial charge in [-0.05, 0) is 59.2 Å². The molecule has 3 aromatic carbocycles. The number of nitrogens with zero attached hydrogens (tertiary/aromatic N) is 1. The monoisotopic (exact) mass is 440 g/mol. The van der Waals surface area contributed by atoms with Gasteiger partial charge < -0.3 is 16.0 Å². The van der Waals surface area contributed by atoms with E-state index in [9.17, 15) is 18.3 Å². The van der Waals surface area contributed by atoms with Crippen LogP contribution in [-0.4, -0.2) is 16.1 Å². The smallest absolute Gasteiger partial charge is 0.416 e. The maximum atomic E-state index is 13.5. The average molecular weight is 441 g/mol. The molecule has 0 saturated heterocycles. The first-order valence-electron chi connectivity index (χ1n) is 8.09. The Kier molecular flexibility index (Phi) is 5.64. The number of nitrogens with two attached hydrogens (primary N) is 1. The fourth-order valence-corrected chi connectivity index (χ4v) is 3.47. The van der Waals surface area contributed by atoms with E-state index in [1.54, 1.807) is 0 Å². The van der Waals surface area contributed by atoms with Crippen molar-refractivity contribution < 1.29 is 23.5 Å². The van der Waals surface area contributed by atoms with Gasteiger partial charge in [-0.1, -0.05) is 40.5 Å². The van der Waals surface area contributed by atoms with E-state index in [1.165, 1.54) is 42.5 Å². The summed E-state index contributed by atoms with van der Waals surface area (Å²) in [4.78, 5) is 0. The van der Waals surface area contributed by atoms with Crippen LogP contribution in [0.5, 0.6) is 5.75 Å². The highest BCUT2D eigenvalue weighted by molar-refractivity contribution is 6.35. The largest absolute Gasteiger partial charge is 0.508 e. The summed E-state index contributed by atoms with van der Waals surface area (Å²) in [6, 6.07) is 11.8. The van der Waals surface area contributed by atoms with E-state index < -0.39 is 17.6 Å². The van der Waals surface area contributed by atoms with Crippen molar-refractivity contribution in [2.75, 3.05) is 0 Å². The lowest BCUT2D eigenvalue weighted by atomic mass is 9.88. The van der Waals surface area contributed by atoms with Gasteiger partial charge in [0.25, 0.3) is 0 Å². The van der Waals surface area contributed by atoms with Crippen molar-refractivity contribution in [3.63, 3.8) is 0 Å². The molecule has 4 nitrogen and oxygen atoms in total. The summed E-state index contributed by atoms with van der Waals surface area (Å²) in [5.41, 5.74) is 5.70. The second-order valence-electron chi connectivity index (χ2n) is 6.13. The number of halogens is 5. The molecule has 0 atom stereocenters. The Labute approximate surface area is 173 Å². The molecule has 150 valence electrons. The number of phenolic OH excluding ortho intramolecular Hbond substituents is 1. The molecular formula is C20H13Cl2F3N2O2. The van der Waals surface area contributed by atoms with Gasteiger partial charge in [-0.25, -0.2) is 0 Å². The number of rotatable bonds is 3. The Hall–Kier alpha value is -2.90. The van der Waals surface area contributed by atoms with Gasteiger partial charge in [-0.3, -0.25) is 0 Å². The maximum absolute atomic E-state index is 13.5. The van der Waals surface area contributed by atoms with Crippen molar-refractivity contribution in [2.45, 2.75) is 6.18 Å². The Morgan fingerprint density at radius 1 is 0.897 bits per heavy atom. The molecule has 9 heteroatoms. The number of amidine groups is 1. The van der Waals surface area contributed by atoms with Crippen LogP contribution in [0, 0.1) is 0 Å². The molecule has 4 N–H and O–H groups in total. The number of oxime groups is 1. The van der Waals surface area contributed by atoms with E-state index in [2.05, 4.69) is 5.16 Å². The van der Waals surface area contributed by atoms with Gasteiger partial charge in [-0.2, -0.15) is 13.2 Å². The van der Waals surface area contributed by atoms with E-state index in [-0.39, 0.29) is 32.5 Å². The van der Waals surface area contributed by atoms with Crippen molar-refractivity contribution in [3.05, 3.63) is 75.8 Å². The van der Waals surface area contributed by atoms with Crippen LogP contribution in [-0.2, 0) is 6.18 Å². The number of phenols is 1. The van der Waals surface area contributed by atoms with Crippen LogP contribution in [0.1, 0.15) is 11.1 Å². The minimum Gasteiger partial charge on any atom is -0.508 e. The number of alkyl halides is 3. The van der Waals surface area contributed by atoms with Crippen LogP contribution in [0.2, 0.25) is 10.0 Å². The molecule has 0 fully saturated rings. The first-order chi connectivity index (χ1) is 13.6. The van der Waals surface area contributed by atoms with E-state index in [0.29, 0.717) is 11.1 Å². The molecule has 0 amide bonds. The molecule has 0 unspecified atom stereocenters. The number of hydrogen-bond acceptors (Lipinski definition) is 3. The third kappa shape index (κ3) is 4.41. The summed E-state index contributed by atoms with van der Waals surface area (Å²) < 4.78 is 40.6. The van der Waals surface area contributed by atoms with Crippen LogP contribution < -0.4 is 5.73 Å². The molecule has 29 heavy (non-hydrogen) atoms. The highest BCUT2D eigenvalue weighted by Gasteiger charge is 2.33. The predicted molar refractivity (Wildman–Crippen MR) is 107 cm³/mol. The molecule has 0 aliphatic rings. The summed E-state index contributed by atoms with van der Waals surface area (Å²) in [7, 11) is 0. The second-order valence-corrected chi connectivity index (χ2v) is 7.01. The molecule has 0 spiro atoms. The summed E-state index contributed by atoms with van der Waals surface area (Å²) in [5.74, 6) is -0.563. The van der Waals surface area contributed by atoms with Gasteiger partial charge >= 0.3 is 6.18 Å². The normalized spacial score (nSPS) is 12.2. The van der Waals surface area contributed by atoms with Crippen molar-refractivity contribution in [1.82, 2.24) is 0 Å². The van der Waals surface area contributed by atoms with Crippen LogP contribution in [0.3, 0.4) is 0 Å². The Bertz CT molecular complexity index is 1080. The Morgan fingerprint density at radius 2 is 1.48 bits per heavy atom. The molecule has 0 radical (unpaired) electrons. The quantitative estimate of drug-likeness (QED) is 0.198. The maximum Gasteiger partial charge on any atom is 0.416 e. The van der Waals surface area contributed by atoms with Gasteiger partial charge in [0, 0.05) is 21.2 Å². The molecule has 0 aliphatic carbocycles. The third-order valence-corrected chi connectivity index (χ3v) is 4.62. The van der Waals surface area contributed by atoms with E-state index >= 15 is 0 Å². The SMILES string of the molecule is N/C(=N\O)c1cc(C(F)(F)F)cc(-c2ccc(O)cc2)c1-c1cc(Cl)cc(Cl)c1. The van der Waals surface area contributed by atoms with Crippen LogP contribution in [0.4, 0.5) is 13.2 Å². The zero-order chi connectivity index (χ0) is 21.3. The summed E-state index contributed by atoms with van der Waals surface area (Å²) in [6.45, 7) is 0. The Balaban J connectivity index is 2.46. The van der Waals surface area contributed by atoms with Crippen LogP contribution in [0.15, 0.2) is 59.8 Å². The predicted octanol–water partition coefficient (Wildman–Crippen LogP) is 6.15. The van der Waals surface area contributed by atoms with Crippen molar-refractivity contribution >= 4 is 29.0 Å². The van der Waals surface area contributed by atoms with E-state index in [0.717, 1.165) is 12.1 Å². The lowest BCUT2D eigenvalue weighted by Gasteiger charge is -2.19. The number of aromatic hydroxyl groups is 1. The lowest BCUT2D eigenvalue weighted by molar-refractivity contribution is -0.137. The summed E-state index contributed by atoms with van der Waals surface area (Å²) in [6.07, 6.45) is -4.68. The fraction of sp³-hybridized carbons (Fsp3) is 0.0500. The minimum absolute atomic E-state index is 0.0512. The second kappa shape index (κ2) is 7.85. The first-order valence-corrected chi connectivity index (χ1v) is 8.84. The van der Waals surface area contributed by atoms with Crippen LogP contribution >= 0.6 is 23.2 Å². The molecule has 0 aliphatic heterocycles. The van der Waals surface area contributed by atoms with Crippen molar-refractivity contribution in [3.8, 4) is 28.0 Å². The van der Waals surface area contributed by atoms with Gasteiger partial charge in [0.1, 0.15) is 5.75 Å². The van der Waals surface area contributed by atoms with E-state index in [1.807, 2.05) is 0 Å². The molecule has 0 saturated carbocycles. The average Bonchev–Trinajstić information content (AvgIpc) is 2.65. The van der Waals surface area contributed by atoms with Crippen molar-refractivity contribution in [1.29, 1.82) is 0 Å². The zero-order valence-electron chi connectivity index (χ0n) is 14.5. The van der Waals surface area contributed by atoms with Crippen molar-refractivity contribution in [2.24, 2.45) is 10.9 Å². The molecule has 3 rings (SSSR count). The van der Waals surface area contributed by atoms with Crippen LogP contribution in [0.25, 0.3) is 22.3 Å². The highest BCUT2D eigenvalue weighted by Crippen LogP contribution is 2.42. The highest BCUT2D eigenvalue weighted by atomic mass is 35.5. The summed E-state index contributed by atoms with van der Waals surface area (Å²) in [5, 5.41) is 22.1. The molecular weight excluding hydrogens is 428 g/mol. The van der Waals surface area contributed by atoms with Gasteiger partial charge in [-0.15, -0.1) is 0 Å². The number of hydrogen-bond donors (Lipinski definition) is 3.